The van der Waals surface area contributed by atoms with Crippen LogP contribution >= 0.6 is 0 Å². The van der Waals surface area contributed by atoms with Crippen LogP contribution in [0.4, 0.5) is 0 Å². The Bertz CT molecular complexity index is 1280. The summed E-state index contributed by atoms with van der Waals surface area (Å²) < 4.78 is 22.3. The van der Waals surface area contributed by atoms with Crippen LogP contribution in [0.2, 0.25) is 0 Å². The maximum Gasteiger partial charge on any atom is 0.241 e. The highest BCUT2D eigenvalue weighted by molar-refractivity contribution is 5.55. The van der Waals surface area contributed by atoms with Crippen LogP contribution in [0.5, 0.6) is 17.2 Å². The van der Waals surface area contributed by atoms with E-state index in [1.807, 2.05) is 48.5 Å². The summed E-state index contributed by atoms with van der Waals surface area (Å²) in [5.41, 5.74) is 3.29. The Morgan fingerprint density at radius 2 is 1.50 bits per heavy atom. The SMILES string of the molecule is c1ccc(COc2ccc(-c3noc(CN4CCN(Cc5ccc6c(c5)OCO6)CC4)n3)cc2)cc1. The third kappa shape index (κ3) is 5.35. The number of nitrogens with zero attached hydrogens (tertiary/aromatic N) is 4. The molecule has 0 saturated carbocycles. The molecule has 4 aromatic rings. The Kier molecular flexibility index (Phi) is 6.52. The third-order valence-corrected chi connectivity index (χ3v) is 6.50. The van der Waals surface area contributed by atoms with Gasteiger partial charge in [-0.05, 0) is 47.5 Å². The third-order valence-electron chi connectivity index (χ3n) is 6.50. The topological polar surface area (TPSA) is 73.1 Å². The summed E-state index contributed by atoms with van der Waals surface area (Å²) in [6, 6.07) is 24.1. The molecule has 0 bridgehead atoms. The van der Waals surface area contributed by atoms with E-state index >= 15 is 0 Å². The van der Waals surface area contributed by atoms with Crippen molar-refractivity contribution < 1.29 is 18.7 Å². The summed E-state index contributed by atoms with van der Waals surface area (Å²) in [5, 5.41) is 4.19. The van der Waals surface area contributed by atoms with Crippen molar-refractivity contribution in [2.45, 2.75) is 19.7 Å². The molecule has 36 heavy (non-hydrogen) atoms. The Hall–Kier alpha value is -3.88. The van der Waals surface area contributed by atoms with E-state index in [1.165, 1.54) is 5.56 Å². The van der Waals surface area contributed by atoms with Gasteiger partial charge in [-0.1, -0.05) is 41.6 Å². The molecule has 1 aromatic heterocycles. The minimum absolute atomic E-state index is 0.309. The lowest BCUT2D eigenvalue weighted by molar-refractivity contribution is 0.112. The summed E-state index contributed by atoms with van der Waals surface area (Å²) in [7, 11) is 0. The molecular formula is C28H28N4O4. The van der Waals surface area contributed by atoms with Crippen molar-refractivity contribution in [3.8, 4) is 28.6 Å². The Labute approximate surface area is 210 Å². The van der Waals surface area contributed by atoms with E-state index in [-0.39, 0.29) is 0 Å². The molecule has 0 amide bonds. The second kappa shape index (κ2) is 10.4. The first-order chi connectivity index (χ1) is 17.8. The molecule has 1 saturated heterocycles. The fourth-order valence-electron chi connectivity index (χ4n) is 4.47. The zero-order valence-corrected chi connectivity index (χ0v) is 20.0. The quantitative estimate of drug-likeness (QED) is 0.365. The zero-order chi connectivity index (χ0) is 24.2. The van der Waals surface area contributed by atoms with E-state index in [4.69, 9.17) is 18.7 Å². The second-order valence-corrected chi connectivity index (χ2v) is 9.05. The Balaban J connectivity index is 0.983. The van der Waals surface area contributed by atoms with Crippen LogP contribution in [0.3, 0.4) is 0 Å². The van der Waals surface area contributed by atoms with Crippen molar-refractivity contribution in [3.05, 3.63) is 89.8 Å². The number of ether oxygens (including phenoxy) is 3. The molecule has 2 aliphatic rings. The number of hydrogen-bond acceptors (Lipinski definition) is 8. The maximum atomic E-state index is 5.87. The van der Waals surface area contributed by atoms with Crippen LogP contribution in [0.25, 0.3) is 11.4 Å². The van der Waals surface area contributed by atoms with Crippen LogP contribution < -0.4 is 14.2 Å². The highest BCUT2D eigenvalue weighted by atomic mass is 16.7. The van der Waals surface area contributed by atoms with E-state index in [0.717, 1.165) is 61.1 Å². The highest BCUT2D eigenvalue weighted by Gasteiger charge is 2.21. The molecule has 0 unspecified atom stereocenters. The standard InChI is InChI=1S/C28H28N4O4/c1-2-4-21(5-3-1)19-33-24-9-7-23(8-10-24)28-29-27(36-30-28)18-32-14-12-31(13-15-32)17-22-6-11-25-26(16-22)35-20-34-25/h1-11,16H,12-15,17-20H2. The zero-order valence-electron chi connectivity index (χ0n) is 20.0. The van der Waals surface area contributed by atoms with Crippen molar-refractivity contribution in [1.29, 1.82) is 0 Å². The molecule has 0 spiro atoms. The number of fused-ring (bicyclic) bond motifs is 1. The first-order valence-electron chi connectivity index (χ1n) is 12.2. The van der Waals surface area contributed by atoms with Gasteiger partial charge < -0.3 is 18.7 Å². The smallest absolute Gasteiger partial charge is 0.241 e. The van der Waals surface area contributed by atoms with Gasteiger partial charge in [0.15, 0.2) is 11.5 Å². The van der Waals surface area contributed by atoms with Crippen LogP contribution in [-0.2, 0) is 19.7 Å². The molecule has 8 heteroatoms. The lowest BCUT2D eigenvalue weighted by Gasteiger charge is -2.33. The number of hydrogen-bond donors (Lipinski definition) is 0. The largest absolute Gasteiger partial charge is 0.489 e. The van der Waals surface area contributed by atoms with Gasteiger partial charge in [0.05, 0.1) is 6.54 Å². The minimum Gasteiger partial charge on any atom is -0.489 e. The van der Waals surface area contributed by atoms with Gasteiger partial charge in [0.1, 0.15) is 12.4 Å². The van der Waals surface area contributed by atoms with E-state index in [2.05, 4.69) is 44.2 Å². The normalized spacial score (nSPS) is 15.8. The lowest BCUT2D eigenvalue weighted by atomic mass is 10.1. The molecule has 8 nitrogen and oxygen atoms in total. The predicted molar refractivity (Wildman–Crippen MR) is 134 cm³/mol. The summed E-state index contributed by atoms with van der Waals surface area (Å²) in [6.45, 7) is 6.29. The maximum absolute atomic E-state index is 5.87. The lowest BCUT2D eigenvalue weighted by Crippen LogP contribution is -2.45. The predicted octanol–water partition coefficient (Wildman–Crippen LogP) is 4.36. The van der Waals surface area contributed by atoms with Crippen molar-refractivity contribution in [2.75, 3.05) is 33.0 Å². The average molecular weight is 485 g/mol. The Morgan fingerprint density at radius 1 is 0.750 bits per heavy atom. The van der Waals surface area contributed by atoms with Gasteiger partial charge in [-0.15, -0.1) is 0 Å². The molecule has 0 N–H and O–H groups in total. The first kappa shape index (κ1) is 22.6. The summed E-state index contributed by atoms with van der Waals surface area (Å²) >= 11 is 0. The fraction of sp³-hybridized carbons (Fsp3) is 0.286. The van der Waals surface area contributed by atoms with Gasteiger partial charge in [0.25, 0.3) is 0 Å². The highest BCUT2D eigenvalue weighted by Crippen LogP contribution is 2.33. The van der Waals surface area contributed by atoms with Crippen molar-refractivity contribution in [2.24, 2.45) is 0 Å². The van der Waals surface area contributed by atoms with Crippen LogP contribution in [0, 0.1) is 0 Å². The van der Waals surface area contributed by atoms with E-state index in [0.29, 0.717) is 31.7 Å². The van der Waals surface area contributed by atoms with Crippen molar-refractivity contribution in [1.82, 2.24) is 19.9 Å². The minimum atomic E-state index is 0.309. The molecule has 6 rings (SSSR count). The number of benzene rings is 3. The molecule has 3 heterocycles. The van der Waals surface area contributed by atoms with Crippen LogP contribution in [-0.4, -0.2) is 52.9 Å². The molecule has 0 radical (unpaired) electrons. The molecule has 184 valence electrons. The Morgan fingerprint density at radius 3 is 2.31 bits per heavy atom. The molecule has 0 atom stereocenters. The first-order valence-corrected chi connectivity index (χ1v) is 12.2. The number of aromatic nitrogens is 2. The van der Waals surface area contributed by atoms with E-state index in [9.17, 15) is 0 Å². The van der Waals surface area contributed by atoms with Crippen molar-refractivity contribution >= 4 is 0 Å². The molecule has 0 aliphatic carbocycles. The van der Waals surface area contributed by atoms with Crippen molar-refractivity contribution in [3.63, 3.8) is 0 Å². The van der Waals surface area contributed by atoms with Crippen LogP contribution in [0.1, 0.15) is 17.0 Å². The summed E-state index contributed by atoms with van der Waals surface area (Å²) in [4.78, 5) is 9.43. The van der Waals surface area contributed by atoms with Gasteiger partial charge in [-0.3, -0.25) is 9.80 Å². The second-order valence-electron chi connectivity index (χ2n) is 9.05. The number of piperazine rings is 1. The van der Waals surface area contributed by atoms with E-state index < -0.39 is 0 Å². The monoisotopic (exact) mass is 484 g/mol. The van der Waals surface area contributed by atoms with E-state index in [1.54, 1.807) is 0 Å². The van der Waals surface area contributed by atoms with Gasteiger partial charge in [-0.25, -0.2) is 0 Å². The average Bonchev–Trinajstić information content (AvgIpc) is 3.59. The molecule has 2 aliphatic heterocycles. The van der Waals surface area contributed by atoms with Gasteiger partial charge in [-0.2, -0.15) is 4.98 Å². The fourth-order valence-corrected chi connectivity index (χ4v) is 4.47. The van der Waals surface area contributed by atoms with Crippen LogP contribution in [0.15, 0.2) is 77.3 Å². The van der Waals surface area contributed by atoms with Gasteiger partial charge in [0.2, 0.25) is 18.5 Å². The molecular weight excluding hydrogens is 456 g/mol. The number of rotatable bonds is 8. The van der Waals surface area contributed by atoms with Gasteiger partial charge in [0, 0.05) is 38.3 Å². The summed E-state index contributed by atoms with van der Waals surface area (Å²) in [6.07, 6.45) is 0. The summed E-state index contributed by atoms with van der Waals surface area (Å²) in [5.74, 6) is 3.71. The molecule has 1 fully saturated rings. The molecule has 3 aromatic carbocycles. The van der Waals surface area contributed by atoms with Gasteiger partial charge >= 0.3 is 0 Å².